The molecule has 0 aliphatic carbocycles. The van der Waals surface area contributed by atoms with Gasteiger partial charge >= 0.3 is 5.97 Å². The minimum absolute atomic E-state index is 0.353. The van der Waals surface area contributed by atoms with E-state index in [1.54, 1.807) is 25.4 Å². The van der Waals surface area contributed by atoms with Gasteiger partial charge in [-0.05, 0) is 17.7 Å². The number of hydrogen-bond donors (Lipinski definition) is 0. The highest BCUT2D eigenvalue weighted by Crippen LogP contribution is 2.19. The van der Waals surface area contributed by atoms with Crippen molar-refractivity contribution in [3.63, 3.8) is 0 Å². The van der Waals surface area contributed by atoms with Crippen LogP contribution >= 0.6 is 11.3 Å². The van der Waals surface area contributed by atoms with Crippen LogP contribution in [0.25, 0.3) is 11.3 Å². The minimum atomic E-state index is -0.353. The molecule has 0 unspecified atom stereocenters. The molecule has 0 radical (unpaired) electrons. The van der Waals surface area contributed by atoms with Crippen molar-refractivity contribution >= 4 is 23.5 Å². The van der Waals surface area contributed by atoms with Gasteiger partial charge in [-0.3, -0.25) is 4.99 Å². The first kappa shape index (κ1) is 16.9. The van der Waals surface area contributed by atoms with Crippen molar-refractivity contribution in [2.45, 2.75) is 0 Å². The molecule has 25 heavy (non-hydrogen) atoms. The van der Waals surface area contributed by atoms with Crippen molar-refractivity contribution in [2.24, 2.45) is 10.1 Å². The molecule has 3 aromatic rings. The van der Waals surface area contributed by atoms with Crippen LogP contribution < -0.4 is 4.80 Å². The fourth-order valence-corrected chi connectivity index (χ4v) is 3.12. The summed E-state index contributed by atoms with van der Waals surface area (Å²) in [5.74, 6) is -0.353. The summed E-state index contributed by atoms with van der Waals surface area (Å²) in [6, 6.07) is 17.1. The Morgan fingerprint density at radius 1 is 1.12 bits per heavy atom. The quantitative estimate of drug-likeness (QED) is 0.534. The van der Waals surface area contributed by atoms with E-state index in [1.165, 1.54) is 18.4 Å². The van der Waals surface area contributed by atoms with Crippen molar-refractivity contribution in [1.29, 1.82) is 0 Å². The van der Waals surface area contributed by atoms with Crippen LogP contribution in [0.5, 0.6) is 0 Å². The van der Waals surface area contributed by atoms with Crippen LogP contribution in [0.15, 0.2) is 70.1 Å². The molecule has 126 valence electrons. The third kappa shape index (κ3) is 3.75. The van der Waals surface area contributed by atoms with Gasteiger partial charge in [0.1, 0.15) is 0 Å². The second-order valence-corrected chi connectivity index (χ2v) is 6.00. The molecular weight excluding hydrogens is 334 g/mol. The highest BCUT2D eigenvalue weighted by Gasteiger charge is 2.07. The molecule has 0 saturated heterocycles. The molecule has 6 heteroatoms. The number of carbonyl (C=O) groups excluding carboxylic acids is 1. The molecule has 1 heterocycles. The van der Waals surface area contributed by atoms with Gasteiger partial charge in [-0.25, -0.2) is 9.47 Å². The van der Waals surface area contributed by atoms with Crippen LogP contribution in [0.3, 0.4) is 0 Å². The third-order valence-corrected chi connectivity index (χ3v) is 4.51. The lowest BCUT2D eigenvalue weighted by Gasteiger charge is -2.03. The molecule has 0 aliphatic rings. The van der Waals surface area contributed by atoms with Gasteiger partial charge in [0.15, 0.2) is 0 Å². The fourth-order valence-electron chi connectivity index (χ4n) is 2.32. The average molecular weight is 351 g/mol. The number of nitrogens with zero attached hydrogens (tertiary/aromatic N) is 3. The maximum Gasteiger partial charge on any atom is 0.337 e. The number of hydrogen-bond acceptors (Lipinski definition) is 5. The lowest BCUT2D eigenvalue weighted by atomic mass is 10.1. The molecule has 1 aromatic heterocycles. The Morgan fingerprint density at radius 3 is 2.48 bits per heavy atom. The molecule has 0 N–H and O–H groups in total. The Balaban J connectivity index is 1.94. The lowest BCUT2D eigenvalue weighted by molar-refractivity contribution is 0.0600. The number of esters is 1. The summed E-state index contributed by atoms with van der Waals surface area (Å²) >= 11 is 1.54. The Bertz CT molecular complexity index is 954. The molecule has 3 rings (SSSR count). The Kier molecular flexibility index (Phi) is 5.20. The van der Waals surface area contributed by atoms with Gasteiger partial charge in [0.05, 0.1) is 24.6 Å². The van der Waals surface area contributed by atoms with Gasteiger partial charge in [-0.1, -0.05) is 42.5 Å². The molecule has 0 aliphatic heterocycles. The topological polar surface area (TPSA) is 56.0 Å². The van der Waals surface area contributed by atoms with Gasteiger partial charge < -0.3 is 4.74 Å². The van der Waals surface area contributed by atoms with E-state index in [9.17, 15) is 4.79 Å². The van der Waals surface area contributed by atoms with Gasteiger partial charge in [0.2, 0.25) is 4.80 Å². The normalized spacial score (nSPS) is 11.8. The van der Waals surface area contributed by atoms with Crippen molar-refractivity contribution in [1.82, 2.24) is 4.68 Å². The fraction of sp³-hybridized carbons (Fsp3) is 0.105. The van der Waals surface area contributed by atoms with E-state index in [4.69, 9.17) is 4.74 Å². The van der Waals surface area contributed by atoms with Crippen LogP contribution in [0, 0.1) is 0 Å². The minimum Gasteiger partial charge on any atom is -0.465 e. The molecule has 0 bridgehead atoms. The van der Waals surface area contributed by atoms with Crippen LogP contribution in [-0.4, -0.2) is 31.0 Å². The molecule has 0 saturated carbocycles. The average Bonchev–Trinajstić information content (AvgIpc) is 3.09. The van der Waals surface area contributed by atoms with E-state index < -0.39 is 0 Å². The predicted octanol–water partition coefficient (Wildman–Crippen LogP) is 3.42. The zero-order chi connectivity index (χ0) is 17.6. The number of benzene rings is 2. The van der Waals surface area contributed by atoms with Crippen LogP contribution in [0.2, 0.25) is 0 Å². The Morgan fingerprint density at radius 2 is 1.84 bits per heavy atom. The van der Waals surface area contributed by atoms with Crippen LogP contribution in [0.4, 0.5) is 0 Å². The largest absolute Gasteiger partial charge is 0.465 e. The number of thiazole rings is 1. The summed E-state index contributed by atoms with van der Waals surface area (Å²) < 4.78 is 6.52. The third-order valence-electron chi connectivity index (χ3n) is 3.60. The Labute approximate surface area is 149 Å². The van der Waals surface area contributed by atoms with E-state index in [0.29, 0.717) is 5.56 Å². The number of methoxy groups -OCH3 is 1. The van der Waals surface area contributed by atoms with Crippen molar-refractivity contribution in [2.75, 3.05) is 14.2 Å². The SMILES string of the molecule is CN=c1scc(-c2ccccc2)n1/N=C\c1ccc(C(=O)OC)cc1. The van der Waals surface area contributed by atoms with Gasteiger partial charge in [-0.2, -0.15) is 5.10 Å². The van der Waals surface area contributed by atoms with E-state index in [0.717, 1.165) is 21.6 Å². The summed E-state index contributed by atoms with van der Waals surface area (Å²) in [5, 5.41) is 6.61. The predicted molar refractivity (Wildman–Crippen MR) is 100 cm³/mol. The van der Waals surface area contributed by atoms with E-state index in [2.05, 4.69) is 10.1 Å². The maximum atomic E-state index is 11.5. The number of rotatable bonds is 4. The van der Waals surface area contributed by atoms with Crippen molar-refractivity contribution in [3.8, 4) is 11.3 Å². The molecule has 0 fully saturated rings. The van der Waals surface area contributed by atoms with Crippen molar-refractivity contribution < 1.29 is 9.53 Å². The first-order chi connectivity index (χ1) is 12.2. The monoisotopic (exact) mass is 351 g/mol. The number of carbonyl (C=O) groups is 1. The van der Waals surface area contributed by atoms with E-state index >= 15 is 0 Å². The van der Waals surface area contributed by atoms with Crippen LogP contribution in [0.1, 0.15) is 15.9 Å². The smallest absolute Gasteiger partial charge is 0.337 e. The zero-order valence-electron chi connectivity index (χ0n) is 13.9. The summed E-state index contributed by atoms with van der Waals surface area (Å²) in [5.41, 5.74) is 3.45. The highest BCUT2D eigenvalue weighted by atomic mass is 32.1. The molecular formula is C19H17N3O2S. The van der Waals surface area contributed by atoms with Crippen LogP contribution in [-0.2, 0) is 4.74 Å². The zero-order valence-corrected chi connectivity index (χ0v) is 14.7. The number of ether oxygens (including phenoxy) is 1. The standard InChI is InChI=1S/C19H17N3O2S/c1-20-19-22(17(13-25-19)15-6-4-3-5-7-15)21-12-14-8-10-16(11-9-14)18(23)24-2/h3-13H,1-2H3/b20-19?,21-12-. The second kappa shape index (κ2) is 7.72. The first-order valence-electron chi connectivity index (χ1n) is 7.64. The van der Waals surface area contributed by atoms with E-state index in [-0.39, 0.29) is 5.97 Å². The van der Waals surface area contributed by atoms with E-state index in [1.807, 2.05) is 52.5 Å². The summed E-state index contributed by atoms with van der Waals surface area (Å²) in [6.07, 6.45) is 1.74. The first-order valence-corrected chi connectivity index (χ1v) is 8.52. The summed E-state index contributed by atoms with van der Waals surface area (Å²) in [4.78, 5) is 16.6. The molecule has 5 nitrogen and oxygen atoms in total. The van der Waals surface area contributed by atoms with Gasteiger partial charge in [0.25, 0.3) is 0 Å². The van der Waals surface area contributed by atoms with Gasteiger partial charge in [0, 0.05) is 18.0 Å². The molecule has 0 amide bonds. The lowest BCUT2D eigenvalue weighted by Crippen LogP contribution is -2.11. The summed E-state index contributed by atoms with van der Waals surface area (Å²) in [7, 11) is 3.11. The highest BCUT2D eigenvalue weighted by molar-refractivity contribution is 7.07. The maximum absolute atomic E-state index is 11.5. The molecule has 0 atom stereocenters. The Hall–Kier alpha value is -2.99. The van der Waals surface area contributed by atoms with Crippen molar-refractivity contribution in [3.05, 3.63) is 75.9 Å². The number of aromatic nitrogens is 1. The molecule has 2 aromatic carbocycles. The van der Waals surface area contributed by atoms with Gasteiger partial charge in [-0.15, -0.1) is 11.3 Å². The summed E-state index contributed by atoms with van der Waals surface area (Å²) in [6.45, 7) is 0. The second-order valence-electron chi connectivity index (χ2n) is 5.16. The molecule has 0 spiro atoms.